The Morgan fingerprint density at radius 1 is 1.23 bits per heavy atom. The van der Waals surface area contributed by atoms with E-state index in [1.807, 2.05) is 18.2 Å². The molecular formula is C16H26N4O2. The molecule has 6 heteroatoms. The molecule has 1 aliphatic rings. The number of hydrogen-bond acceptors (Lipinski definition) is 4. The second-order valence-electron chi connectivity index (χ2n) is 5.75. The lowest BCUT2D eigenvalue weighted by molar-refractivity contribution is 0.114. The highest BCUT2D eigenvalue weighted by Crippen LogP contribution is 2.09. The van der Waals surface area contributed by atoms with Crippen molar-refractivity contribution in [1.82, 2.24) is 20.5 Å². The molecule has 1 fully saturated rings. The van der Waals surface area contributed by atoms with Gasteiger partial charge in [-0.3, -0.25) is 4.98 Å². The van der Waals surface area contributed by atoms with Gasteiger partial charge in [0.25, 0.3) is 0 Å². The summed E-state index contributed by atoms with van der Waals surface area (Å²) in [6, 6.07) is 5.30. The fourth-order valence-electron chi connectivity index (χ4n) is 2.63. The smallest absolute Gasteiger partial charge is 0.315 e. The molecule has 1 atom stereocenters. The summed E-state index contributed by atoms with van der Waals surface area (Å²) in [6.45, 7) is 3.37. The SMILES string of the molecule is O=C(NCc1ccccn1)NC[C@H](O)CN1CCCCCC1. The molecule has 1 aromatic heterocycles. The number of amides is 2. The van der Waals surface area contributed by atoms with Gasteiger partial charge in [0.2, 0.25) is 0 Å². The largest absolute Gasteiger partial charge is 0.390 e. The molecule has 122 valence electrons. The van der Waals surface area contributed by atoms with E-state index in [1.54, 1.807) is 6.20 Å². The van der Waals surface area contributed by atoms with E-state index in [-0.39, 0.29) is 12.6 Å². The predicted molar refractivity (Wildman–Crippen MR) is 85.4 cm³/mol. The summed E-state index contributed by atoms with van der Waals surface area (Å²) in [5, 5.41) is 15.5. The van der Waals surface area contributed by atoms with Gasteiger partial charge in [0.1, 0.15) is 0 Å². The second-order valence-corrected chi connectivity index (χ2v) is 5.75. The highest BCUT2D eigenvalue weighted by atomic mass is 16.3. The van der Waals surface area contributed by atoms with Crippen LogP contribution in [0.5, 0.6) is 0 Å². The summed E-state index contributed by atoms with van der Waals surface area (Å²) in [4.78, 5) is 18.1. The van der Waals surface area contributed by atoms with Gasteiger partial charge in [0.15, 0.2) is 0 Å². The highest BCUT2D eigenvalue weighted by Gasteiger charge is 2.14. The number of β-amino-alcohol motifs (C(OH)–C–C–N with tert-alkyl or cyclic N) is 1. The van der Waals surface area contributed by atoms with Crippen molar-refractivity contribution in [3.63, 3.8) is 0 Å². The van der Waals surface area contributed by atoms with Crippen molar-refractivity contribution in [3.8, 4) is 0 Å². The molecule has 2 amide bonds. The van der Waals surface area contributed by atoms with E-state index in [1.165, 1.54) is 25.7 Å². The third-order valence-electron chi connectivity index (χ3n) is 3.82. The van der Waals surface area contributed by atoms with Crippen LogP contribution >= 0.6 is 0 Å². The van der Waals surface area contributed by atoms with Crippen molar-refractivity contribution in [2.45, 2.75) is 38.3 Å². The lowest BCUT2D eigenvalue weighted by Gasteiger charge is -2.23. The third-order valence-corrected chi connectivity index (χ3v) is 3.82. The van der Waals surface area contributed by atoms with Crippen LogP contribution in [0.15, 0.2) is 24.4 Å². The number of nitrogens with zero attached hydrogens (tertiary/aromatic N) is 2. The summed E-state index contributed by atoms with van der Waals surface area (Å²) in [5.41, 5.74) is 0.808. The number of pyridine rings is 1. The molecule has 2 rings (SSSR count). The van der Waals surface area contributed by atoms with E-state index >= 15 is 0 Å². The Morgan fingerprint density at radius 2 is 2.00 bits per heavy atom. The summed E-state index contributed by atoms with van der Waals surface area (Å²) in [6.07, 6.45) is 6.12. The number of carbonyl (C=O) groups excluding carboxylic acids is 1. The van der Waals surface area contributed by atoms with E-state index in [0.717, 1.165) is 18.8 Å². The molecule has 0 spiro atoms. The van der Waals surface area contributed by atoms with Crippen molar-refractivity contribution in [1.29, 1.82) is 0 Å². The standard InChI is InChI=1S/C16H26N4O2/c21-15(13-20-9-5-1-2-6-10-20)12-19-16(22)18-11-14-7-3-4-8-17-14/h3-4,7-8,15,21H,1-2,5-6,9-13H2,(H2,18,19,22)/t15-/m0/s1. The summed E-state index contributed by atoms with van der Waals surface area (Å²) in [7, 11) is 0. The van der Waals surface area contributed by atoms with Gasteiger partial charge in [-0.15, -0.1) is 0 Å². The monoisotopic (exact) mass is 306 g/mol. The Kier molecular flexibility index (Phi) is 7.12. The molecule has 0 radical (unpaired) electrons. The minimum Gasteiger partial charge on any atom is -0.390 e. The Hall–Kier alpha value is -1.66. The molecule has 0 bridgehead atoms. The Morgan fingerprint density at radius 3 is 2.68 bits per heavy atom. The number of aliphatic hydroxyl groups excluding tert-OH is 1. The maximum absolute atomic E-state index is 11.7. The lowest BCUT2D eigenvalue weighted by atomic mass is 10.2. The van der Waals surface area contributed by atoms with Gasteiger partial charge >= 0.3 is 6.03 Å². The first-order valence-electron chi connectivity index (χ1n) is 8.06. The lowest BCUT2D eigenvalue weighted by Crippen LogP contribution is -2.43. The molecule has 6 nitrogen and oxygen atoms in total. The first kappa shape index (κ1) is 16.7. The van der Waals surface area contributed by atoms with E-state index in [0.29, 0.717) is 13.1 Å². The van der Waals surface area contributed by atoms with Crippen LogP contribution in [0.4, 0.5) is 4.79 Å². The van der Waals surface area contributed by atoms with Crippen molar-refractivity contribution >= 4 is 6.03 Å². The topological polar surface area (TPSA) is 77.5 Å². The molecule has 1 saturated heterocycles. The normalized spacial score (nSPS) is 17.5. The molecule has 1 aliphatic heterocycles. The highest BCUT2D eigenvalue weighted by molar-refractivity contribution is 5.73. The number of rotatable bonds is 6. The van der Waals surface area contributed by atoms with Crippen LogP contribution in [-0.4, -0.2) is 53.3 Å². The van der Waals surface area contributed by atoms with Gasteiger partial charge in [-0.25, -0.2) is 4.79 Å². The fourth-order valence-corrected chi connectivity index (χ4v) is 2.63. The summed E-state index contributed by atoms with van der Waals surface area (Å²) < 4.78 is 0. The van der Waals surface area contributed by atoms with Gasteiger partial charge in [-0.05, 0) is 38.1 Å². The van der Waals surface area contributed by atoms with Gasteiger partial charge < -0.3 is 20.6 Å². The summed E-state index contributed by atoms with van der Waals surface area (Å²) >= 11 is 0. The predicted octanol–water partition coefficient (Wildman–Crippen LogP) is 1.12. The molecular weight excluding hydrogens is 280 g/mol. The number of likely N-dealkylation sites (tertiary alicyclic amines) is 1. The van der Waals surface area contributed by atoms with Gasteiger partial charge in [0, 0.05) is 19.3 Å². The van der Waals surface area contributed by atoms with Crippen LogP contribution in [0, 0.1) is 0 Å². The van der Waals surface area contributed by atoms with Crippen molar-refractivity contribution < 1.29 is 9.90 Å². The average Bonchev–Trinajstić information content (AvgIpc) is 2.80. The fraction of sp³-hybridized carbons (Fsp3) is 0.625. The van der Waals surface area contributed by atoms with Gasteiger partial charge in [0.05, 0.1) is 18.3 Å². The number of aliphatic hydroxyl groups is 1. The Labute approximate surface area is 131 Å². The van der Waals surface area contributed by atoms with Crippen LogP contribution in [0.2, 0.25) is 0 Å². The summed E-state index contributed by atoms with van der Waals surface area (Å²) in [5.74, 6) is 0. The molecule has 0 aromatic carbocycles. The van der Waals surface area contributed by atoms with Crippen molar-refractivity contribution in [3.05, 3.63) is 30.1 Å². The zero-order chi connectivity index (χ0) is 15.6. The van der Waals surface area contributed by atoms with E-state index in [9.17, 15) is 9.90 Å². The minimum absolute atomic E-state index is 0.268. The Bertz CT molecular complexity index is 433. The number of aromatic nitrogens is 1. The van der Waals surface area contributed by atoms with Crippen LogP contribution in [0.25, 0.3) is 0 Å². The minimum atomic E-state index is -0.529. The van der Waals surface area contributed by atoms with E-state index in [4.69, 9.17) is 0 Å². The molecule has 1 aromatic rings. The molecule has 0 aliphatic carbocycles. The number of nitrogens with one attached hydrogen (secondary N) is 2. The van der Waals surface area contributed by atoms with Crippen LogP contribution in [0.3, 0.4) is 0 Å². The van der Waals surface area contributed by atoms with Gasteiger partial charge in [-0.1, -0.05) is 18.9 Å². The average molecular weight is 306 g/mol. The van der Waals surface area contributed by atoms with Crippen LogP contribution < -0.4 is 10.6 Å². The first-order valence-corrected chi connectivity index (χ1v) is 8.06. The van der Waals surface area contributed by atoms with E-state index in [2.05, 4.69) is 20.5 Å². The Balaban J connectivity index is 1.60. The quantitative estimate of drug-likeness (QED) is 0.736. The molecule has 2 heterocycles. The zero-order valence-corrected chi connectivity index (χ0v) is 13.0. The molecule has 22 heavy (non-hydrogen) atoms. The van der Waals surface area contributed by atoms with Crippen LogP contribution in [0.1, 0.15) is 31.4 Å². The number of urea groups is 1. The van der Waals surface area contributed by atoms with E-state index < -0.39 is 6.10 Å². The van der Waals surface area contributed by atoms with Crippen LogP contribution in [-0.2, 0) is 6.54 Å². The zero-order valence-electron chi connectivity index (χ0n) is 13.0. The molecule has 0 unspecified atom stereocenters. The van der Waals surface area contributed by atoms with Crippen molar-refractivity contribution in [2.75, 3.05) is 26.2 Å². The number of carbonyl (C=O) groups is 1. The maximum Gasteiger partial charge on any atom is 0.315 e. The van der Waals surface area contributed by atoms with Crippen molar-refractivity contribution in [2.24, 2.45) is 0 Å². The maximum atomic E-state index is 11.7. The first-order chi connectivity index (χ1) is 10.7. The third kappa shape index (κ3) is 6.41. The van der Waals surface area contributed by atoms with Gasteiger partial charge in [-0.2, -0.15) is 0 Å². The number of hydrogen-bond donors (Lipinski definition) is 3. The second kappa shape index (κ2) is 9.38. The molecule has 3 N–H and O–H groups in total. The molecule has 0 saturated carbocycles.